The minimum atomic E-state index is -0.416. The number of amides is 1. The number of aromatic nitrogens is 2. The van der Waals surface area contributed by atoms with Gasteiger partial charge in [0.05, 0.1) is 5.69 Å². The standard InChI is InChI=1S/C11H9Cl2N3O2/c1-5-3-8(12)14-10(13)9(5)15-11(17)7-4-6(2)18-16-7/h3-4H,1-2H3,(H,15,17). The highest BCUT2D eigenvalue weighted by Crippen LogP contribution is 2.26. The predicted molar refractivity (Wildman–Crippen MR) is 68.2 cm³/mol. The van der Waals surface area contributed by atoms with E-state index in [1.807, 2.05) is 0 Å². The molecule has 2 rings (SSSR count). The molecule has 1 N–H and O–H groups in total. The van der Waals surface area contributed by atoms with Crippen molar-refractivity contribution in [1.29, 1.82) is 0 Å². The number of anilines is 1. The zero-order valence-electron chi connectivity index (χ0n) is 9.62. The van der Waals surface area contributed by atoms with Gasteiger partial charge in [0, 0.05) is 6.07 Å². The lowest BCUT2D eigenvalue weighted by Crippen LogP contribution is -2.14. The maximum Gasteiger partial charge on any atom is 0.277 e. The number of pyridine rings is 1. The van der Waals surface area contributed by atoms with Crippen molar-refractivity contribution in [2.45, 2.75) is 13.8 Å². The average molecular weight is 286 g/mol. The number of aryl methyl sites for hydroxylation is 2. The van der Waals surface area contributed by atoms with Crippen LogP contribution in [0, 0.1) is 13.8 Å². The number of hydrogen-bond acceptors (Lipinski definition) is 4. The molecule has 0 radical (unpaired) electrons. The third-order valence-corrected chi connectivity index (χ3v) is 2.71. The summed E-state index contributed by atoms with van der Waals surface area (Å²) in [7, 11) is 0. The van der Waals surface area contributed by atoms with E-state index in [2.05, 4.69) is 15.5 Å². The van der Waals surface area contributed by atoms with Crippen LogP contribution in [-0.2, 0) is 0 Å². The van der Waals surface area contributed by atoms with Crippen molar-refractivity contribution in [2.24, 2.45) is 0 Å². The van der Waals surface area contributed by atoms with Gasteiger partial charge in [-0.1, -0.05) is 28.4 Å². The van der Waals surface area contributed by atoms with Crippen LogP contribution in [0.5, 0.6) is 0 Å². The second-order valence-electron chi connectivity index (χ2n) is 3.70. The third-order valence-electron chi connectivity index (χ3n) is 2.24. The Balaban J connectivity index is 2.27. The Hall–Kier alpha value is -1.59. The molecule has 0 aromatic carbocycles. The summed E-state index contributed by atoms with van der Waals surface area (Å²) < 4.78 is 4.82. The normalized spacial score (nSPS) is 10.4. The van der Waals surface area contributed by atoms with E-state index in [1.165, 1.54) is 6.07 Å². The van der Waals surface area contributed by atoms with Crippen LogP contribution in [0.1, 0.15) is 21.8 Å². The fourth-order valence-corrected chi connectivity index (χ4v) is 1.98. The Labute approximate surface area is 113 Å². The number of nitrogens with zero attached hydrogens (tertiary/aromatic N) is 2. The maximum atomic E-state index is 11.9. The lowest BCUT2D eigenvalue weighted by Gasteiger charge is -2.08. The van der Waals surface area contributed by atoms with E-state index in [-0.39, 0.29) is 16.0 Å². The molecule has 0 aliphatic heterocycles. The molecule has 1 amide bonds. The smallest absolute Gasteiger partial charge is 0.277 e. The average Bonchev–Trinajstić information content (AvgIpc) is 2.70. The molecule has 0 atom stereocenters. The Bertz CT molecular complexity index is 587. The van der Waals surface area contributed by atoms with E-state index in [9.17, 15) is 4.79 Å². The van der Waals surface area contributed by atoms with Gasteiger partial charge in [0.2, 0.25) is 0 Å². The van der Waals surface area contributed by atoms with Crippen LogP contribution in [0.15, 0.2) is 16.7 Å². The molecule has 0 unspecified atom stereocenters. The van der Waals surface area contributed by atoms with Crippen molar-refractivity contribution in [3.63, 3.8) is 0 Å². The molecule has 18 heavy (non-hydrogen) atoms. The molecule has 0 aliphatic carbocycles. The lowest BCUT2D eigenvalue weighted by molar-refractivity contribution is 0.101. The maximum absolute atomic E-state index is 11.9. The third kappa shape index (κ3) is 2.63. The number of rotatable bonds is 2. The quantitative estimate of drug-likeness (QED) is 0.860. The number of carbonyl (C=O) groups is 1. The number of hydrogen-bond donors (Lipinski definition) is 1. The largest absolute Gasteiger partial charge is 0.361 e. The first-order chi connectivity index (χ1) is 8.47. The molecule has 0 bridgehead atoms. The Morgan fingerprint density at radius 3 is 2.61 bits per heavy atom. The van der Waals surface area contributed by atoms with E-state index in [1.54, 1.807) is 19.9 Å². The van der Waals surface area contributed by atoms with Crippen molar-refractivity contribution in [3.05, 3.63) is 39.5 Å². The highest BCUT2D eigenvalue weighted by atomic mass is 35.5. The van der Waals surface area contributed by atoms with Gasteiger partial charge in [0.1, 0.15) is 10.9 Å². The summed E-state index contributed by atoms with van der Waals surface area (Å²) in [6.07, 6.45) is 0. The van der Waals surface area contributed by atoms with E-state index in [0.717, 1.165) is 0 Å². The van der Waals surface area contributed by atoms with Crippen LogP contribution in [0.4, 0.5) is 5.69 Å². The molecular weight excluding hydrogens is 277 g/mol. The molecule has 94 valence electrons. The number of nitrogens with one attached hydrogen (secondary N) is 1. The fraction of sp³-hybridized carbons (Fsp3) is 0.182. The van der Waals surface area contributed by atoms with Crippen LogP contribution in [-0.4, -0.2) is 16.0 Å². The molecule has 0 saturated heterocycles. The van der Waals surface area contributed by atoms with Gasteiger partial charge in [-0.3, -0.25) is 4.79 Å². The van der Waals surface area contributed by atoms with Gasteiger partial charge in [-0.2, -0.15) is 0 Å². The van der Waals surface area contributed by atoms with Gasteiger partial charge in [-0.05, 0) is 25.5 Å². The van der Waals surface area contributed by atoms with Crippen LogP contribution >= 0.6 is 23.2 Å². The van der Waals surface area contributed by atoms with Gasteiger partial charge >= 0.3 is 0 Å². The molecule has 5 nitrogen and oxygen atoms in total. The van der Waals surface area contributed by atoms with Crippen molar-refractivity contribution >= 4 is 34.8 Å². The van der Waals surface area contributed by atoms with Crippen molar-refractivity contribution < 1.29 is 9.32 Å². The topological polar surface area (TPSA) is 68.0 Å². The zero-order chi connectivity index (χ0) is 13.3. The SMILES string of the molecule is Cc1cc(C(=O)Nc2c(C)cc(Cl)nc2Cl)no1. The minimum absolute atomic E-state index is 0.133. The van der Waals surface area contributed by atoms with Crippen LogP contribution in [0.2, 0.25) is 10.3 Å². The number of carbonyl (C=O) groups excluding carboxylic acids is 1. The minimum Gasteiger partial charge on any atom is -0.361 e. The highest BCUT2D eigenvalue weighted by molar-refractivity contribution is 6.35. The molecule has 0 aliphatic rings. The first-order valence-corrected chi connectivity index (χ1v) is 5.80. The molecule has 0 fully saturated rings. The predicted octanol–water partition coefficient (Wildman–Crippen LogP) is 3.25. The van der Waals surface area contributed by atoms with E-state index >= 15 is 0 Å². The zero-order valence-corrected chi connectivity index (χ0v) is 11.1. The van der Waals surface area contributed by atoms with Gasteiger partial charge in [0.25, 0.3) is 5.91 Å². The summed E-state index contributed by atoms with van der Waals surface area (Å²) in [6.45, 7) is 3.47. The lowest BCUT2D eigenvalue weighted by atomic mass is 10.2. The summed E-state index contributed by atoms with van der Waals surface area (Å²) in [6, 6.07) is 3.14. The number of halogens is 2. The van der Waals surface area contributed by atoms with Crippen LogP contribution in [0.3, 0.4) is 0 Å². The van der Waals surface area contributed by atoms with Crippen LogP contribution < -0.4 is 5.32 Å². The van der Waals surface area contributed by atoms with Crippen LogP contribution in [0.25, 0.3) is 0 Å². The monoisotopic (exact) mass is 285 g/mol. The summed E-state index contributed by atoms with van der Waals surface area (Å²) in [5, 5.41) is 6.64. The summed E-state index contributed by atoms with van der Waals surface area (Å²) in [5.74, 6) is 0.137. The Morgan fingerprint density at radius 1 is 1.33 bits per heavy atom. The van der Waals surface area contributed by atoms with Crippen molar-refractivity contribution in [2.75, 3.05) is 5.32 Å². The first-order valence-electron chi connectivity index (χ1n) is 5.04. The first kappa shape index (κ1) is 12.9. The van der Waals surface area contributed by atoms with Crippen molar-refractivity contribution in [3.8, 4) is 0 Å². The second kappa shape index (κ2) is 4.96. The van der Waals surface area contributed by atoms with Gasteiger partial charge in [-0.15, -0.1) is 0 Å². The summed E-state index contributed by atoms with van der Waals surface area (Å²) in [4.78, 5) is 15.7. The summed E-state index contributed by atoms with van der Waals surface area (Å²) in [5.41, 5.74) is 1.30. The molecule has 0 spiro atoms. The van der Waals surface area contributed by atoms with E-state index in [0.29, 0.717) is 17.0 Å². The second-order valence-corrected chi connectivity index (χ2v) is 4.45. The Morgan fingerprint density at radius 2 is 2.06 bits per heavy atom. The van der Waals surface area contributed by atoms with E-state index < -0.39 is 5.91 Å². The summed E-state index contributed by atoms with van der Waals surface area (Å²) >= 11 is 11.7. The fourth-order valence-electron chi connectivity index (χ4n) is 1.40. The molecule has 2 heterocycles. The molecular formula is C11H9Cl2N3O2. The van der Waals surface area contributed by atoms with Gasteiger partial charge < -0.3 is 9.84 Å². The van der Waals surface area contributed by atoms with Gasteiger partial charge in [0.15, 0.2) is 10.8 Å². The molecule has 7 heteroatoms. The molecule has 2 aromatic heterocycles. The molecule has 0 saturated carbocycles. The molecule has 2 aromatic rings. The van der Waals surface area contributed by atoms with Gasteiger partial charge in [-0.25, -0.2) is 4.98 Å². The van der Waals surface area contributed by atoms with E-state index in [4.69, 9.17) is 27.7 Å². The Kier molecular flexibility index (Phi) is 3.54. The van der Waals surface area contributed by atoms with Crippen molar-refractivity contribution in [1.82, 2.24) is 10.1 Å². The highest BCUT2D eigenvalue weighted by Gasteiger charge is 2.15.